The van der Waals surface area contributed by atoms with Gasteiger partial charge in [0.25, 0.3) is 0 Å². The molecular formula is C24H16Cl2IPZr. The van der Waals surface area contributed by atoms with Crippen LogP contribution in [0.3, 0.4) is 0 Å². The summed E-state index contributed by atoms with van der Waals surface area (Å²) in [6.45, 7) is 0. The molecule has 4 aliphatic rings. The average molecular weight is 624 g/mol. The van der Waals surface area contributed by atoms with Gasteiger partial charge in [-0.15, -0.1) is 0 Å². The van der Waals surface area contributed by atoms with Crippen LogP contribution in [0.5, 0.6) is 0 Å². The molecule has 0 radical (unpaired) electrons. The summed E-state index contributed by atoms with van der Waals surface area (Å²) in [5, 5.41) is 1.53. The van der Waals surface area contributed by atoms with Gasteiger partial charge in [0.15, 0.2) is 0 Å². The molecule has 0 amide bonds. The zero-order chi connectivity index (χ0) is 18.1. The summed E-state index contributed by atoms with van der Waals surface area (Å²) < 4.78 is 1.94. The number of alkyl halides is 1. The first kappa shape index (κ1) is 22.0. The van der Waals surface area contributed by atoms with Crippen LogP contribution in [-0.4, -0.2) is 3.16 Å². The van der Waals surface area contributed by atoms with Gasteiger partial charge in [0, 0.05) is 0 Å². The van der Waals surface area contributed by atoms with Gasteiger partial charge in [0.2, 0.25) is 0 Å². The molecule has 6 rings (SSSR count). The van der Waals surface area contributed by atoms with E-state index in [2.05, 4.69) is 120 Å². The van der Waals surface area contributed by atoms with Crippen molar-refractivity contribution in [3.05, 3.63) is 117 Å². The van der Waals surface area contributed by atoms with Crippen LogP contribution in [0.2, 0.25) is 0 Å². The van der Waals surface area contributed by atoms with Gasteiger partial charge in [-0.2, -0.15) is 0 Å². The van der Waals surface area contributed by atoms with Gasteiger partial charge in [0.05, 0.1) is 0 Å². The fraction of sp³-hybridized carbons (Fsp3) is 0.0833. The Hall–Kier alpha value is -0.237. The molecule has 0 saturated carbocycles. The second-order valence-corrected chi connectivity index (χ2v) is 17.3. The van der Waals surface area contributed by atoms with Gasteiger partial charge in [-0.1, -0.05) is 0 Å². The number of fused-ring (bicyclic) bond motifs is 2. The number of allylic oxidation sites excluding steroid dienone is 9. The smallest absolute Gasteiger partial charge is 1.00 e. The van der Waals surface area contributed by atoms with Crippen LogP contribution in [0.1, 0.15) is 11.1 Å². The molecule has 2 aromatic rings. The summed E-state index contributed by atoms with van der Waals surface area (Å²) in [6, 6.07) is 20.5. The summed E-state index contributed by atoms with van der Waals surface area (Å²) >= 11 is 1.87. The Morgan fingerprint density at radius 3 is 2.41 bits per heavy atom. The Labute approximate surface area is 210 Å². The van der Waals surface area contributed by atoms with Crippen LogP contribution in [-0.2, 0) is 26.1 Å². The molecule has 0 N–H and O–H groups in total. The van der Waals surface area contributed by atoms with Crippen LogP contribution >= 0.6 is 30.5 Å². The van der Waals surface area contributed by atoms with Gasteiger partial charge >= 0.3 is 188 Å². The molecule has 1 saturated heterocycles. The van der Waals surface area contributed by atoms with E-state index < -0.39 is 31.2 Å². The zero-order valence-electron chi connectivity index (χ0n) is 15.3. The number of benzene rings is 2. The monoisotopic (exact) mass is 622 g/mol. The minimum absolute atomic E-state index is 0. The molecule has 0 nitrogen and oxygen atoms in total. The van der Waals surface area contributed by atoms with Crippen molar-refractivity contribution in [2.45, 2.75) is 6.03 Å². The maximum atomic E-state index is 2.79. The Bertz CT molecular complexity index is 1130. The fourth-order valence-corrected chi connectivity index (χ4v) is 19.6. The Morgan fingerprint density at radius 1 is 0.828 bits per heavy atom. The molecule has 29 heavy (non-hydrogen) atoms. The summed E-state index contributed by atoms with van der Waals surface area (Å²) in [7, 11) is -0.462. The predicted molar refractivity (Wildman–Crippen MR) is 120 cm³/mol. The van der Waals surface area contributed by atoms with Gasteiger partial charge in [-0.25, -0.2) is 0 Å². The summed E-state index contributed by atoms with van der Waals surface area (Å²) in [4.78, 5) is 0. The van der Waals surface area contributed by atoms with Crippen molar-refractivity contribution in [3.63, 3.8) is 0 Å². The molecule has 1 fully saturated rings. The average Bonchev–Trinajstić information content (AvgIpc) is 3.25. The van der Waals surface area contributed by atoms with Crippen molar-refractivity contribution in [1.29, 1.82) is 0 Å². The quantitative estimate of drug-likeness (QED) is 0.243. The molecule has 1 spiro atoms. The Morgan fingerprint density at radius 2 is 1.59 bits per heavy atom. The van der Waals surface area contributed by atoms with Crippen LogP contribution in [0.4, 0.5) is 0 Å². The van der Waals surface area contributed by atoms with Gasteiger partial charge in [0.1, 0.15) is 0 Å². The van der Waals surface area contributed by atoms with E-state index in [1.807, 2.05) is 0 Å². The van der Waals surface area contributed by atoms with Crippen molar-refractivity contribution in [3.8, 4) is 0 Å². The summed E-state index contributed by atoms with van der Waals surface area (Å²) in [5.41, 5.74) is 6.10. The van der Waals surface area contributed by atoms with E-state index in [4.69, 9.17) is 0 Å². The normalized spacial score (nSPS) is 29.3. The van der Waals surface area contributed by atoms with Gasteiger partial charge in [-0.3, -0.25) is 0 Å². The first-order chi connectivity index (χ1) is 13.2. The molecule has 1 heterocycles. The standard InChI is InChI=1S/C24H16IP.2ClH.Zr/c25-24(17-7-10-19-9-6-14-22(19)24)26(20-11-2-1-3-12-20)23-16-15-18-8-4-5-13-21(18)23;;;/h1-8,10-17H;2*1H;/q;;;+2/p-2. The van der Waals surface area contributed by atoms with E-state index in [1.54, 1.807) is 14.4 Å². The van der Waals surface area contributed by atoms with E-state index in [9.17, 15) is 0 Å². The van der Waals surface area contributed by atoms with Crippen LogP contribution in [0.25, 0.3) is 6.08 Å². The molecule has 142 valence electrons. The third-order valence-electron chi connectivity index (χ3n) is 5.85. The largest absolute Gasteiger partial charge is 1.00 e. The van der Waals surface area contributed by atoms with Gasteiger partial charge in [-0.05, 0) is 0 Å². The molecule has 2 aromatic carbocycles. The van der Waals surface area contributed by atoms with Crippen molar-refractivity contribution in [2.75, 3.05) is 0 Å². The number of rotatable bonds is 1. The third kappa shape index (κ3) is 3.05. The molecule has 5 heteroatoms. The minimum atomic E-state index is -0.916. The zero-order valence-corrected chi connectivity index (χ0v) is 22.3. The van der Waals surface area contributed by atoms with E-state index in [0.717, 1.165) is 0 Å². The van der Waals surface area contributed by atoms with Crippen LogP contribution in [0, 0.1) is 0 Å². The number of hydrogen-bond acceptors (Lipinski definition) is 0. The molecule has 3 unspecified atom stereocenters. The topological polar surface area (TPSA) is 0 Å². The Balaban J connectivity index is 0.00000102. The first-order valence-corrected chi connectivity index (χ1v) is 14.0. The summed E-state index contributed by atoms with van der Waals surface area (Å²) in [5.74, 6) is 0. The molecule has 4 bridgehead atoms. The maximum absolute atomic E-state index is 2.79. The molecule has 3 aliphatic carbocycles. The predicted octanol–water partition coefficient (Wildman–Crippen LogP) is 0.229. The van der Waals surface area contributed by atoms with E-state index in [0.29, 0.717) is 0 Å². The molecule has 0 aromatic heterocycles. The van der Waals surface area contributed by atoms with Gasteiger partial charge < -0.3 is 24.8 Å². The molecule has 1 aliphatic heterocycles. The van der Waals surface area contributed by atoms with Crippen molar-refractivity contribution in [2.24, 2.45) is 0 Å². The van der Waals surface area contributed by atoms with Crippen molar-refractivity contribution < 1.29 is 48.0 Å². The first-order valence-electron chi connectivity index (χ1n) is 9.16. The van der Waals surface area contributed by atoms with E-state index in [-0.39, 0.29) is 30.8 Å². The minimum Gasteiger partial charge on any atom is -1.00 e. The van der Waals surface area contributed by atoms with Crippen molar-refractivity contribution in [1.82, 2.24) is 0 Å². The second-order valence-electron chi connectivity index (χ2n) is 7.26. The number of hydrogen-bond donors (Lipinski definition) is 0. The summed E-state index contributed by atoms with van der Waals surface area (Å²) in [6.07, 6.45) is 17.1. The van der Waals surface area contributed by atoms with E-state index in [1.165, 1.54) is 16.4 Å². The van der Waals surface area contributed by atoms with Crippen LogP contribution in [0.15, 0.2) is 105 Å². The Kier molecular flexibility index (Phi) is 6.08. The SMILES string of the molecule is IC12C=CC=C3[C](=CC=C31)[Zr+2][C]1(C=Cc3ccccc31)P2c1ccccc1.[Cl-].[Cl-]. The molecule has 3 atom stereocenters. The van der Waals surface area contributed by atoms with Crippen molar-refractivity contribution >= 4 is 41.9 Å². The maximum Gasteiger partial charge on any atom is -1.00 e. The fourth-order valence-electron chi connectivity index (χ4n) is 4.72. The molecular weight excluding hydrogens is 608 g/mol. The third-order valence-corrected chi connectivity index (χ3v) is 17.2. The van der Waals surface area contributed by atoms with Crippen LogP contribution < -0.4 is 30.1 Å². The second kappa shape index (κ2) is 8.03. The number of halogens is 3. The van der Waals surface area contributed by atoms with E-state index >= 15 is 0 Å².